The van der Waals surface area contributed by atoms with E-state index in [0.29, 0.717) is 17.7 Å². The summed E-state index contributed by atoms with van der Waals surface area (Å²) in [5.41, 5.74) is 2.17. The van der Waals surface area contributed by atoms with Crippen LogP contribution in [-0.2, 0) is 9.59 Å². The quantitative estimate of drug-likeness (QED) is 0.478. The van der Waals surface area contributed by atoms with E-state index < -0.39 is 17.7 Å². The van der Waals surface area contributed by atoms with Crippen LogP contribution in [0.1, 0.15) is 42.5 Å². The Morgan fingerprint density at radius 2 is 1.81 bits per heavy atom. The van der Waals surface area contributed by atoms with Crippen molar-refractivity contribution in [3.63, 3.8) is 0 Å². The Balaban J connectivity index is 2.16. The molecule has 1 saturated heterocycles. The van der Waals surface area contributed by atoms with Gasteiger partial charge in [-0.25, -0.2) is 0 Å². The molecule has 27 heavy (non-hydrogen) atoms. The van der Waals surface area contributed by atoms with Gasteiger partial charge >= 0.3 is 0 Å². The summed E-state index contributed by atoms with van der Waals surface area (Å²) in [4.78, 5) is 26.9. The van der Waals surface area contributed by atoms with Crippen LogP contribution >= 0.6 is 0 Å². The van der Waals surface area contributed by atoms with Crippen molar-refractivity contribution in [2.45, 2.75) is 32.7 Å². The first kappa shape index (κ1) is 18.7. The van der Waals surface area contributed by atoms with Crippen molar-refractivity contribution in [2.24, 2.45) is 0 Å². The van der Waals surface area contributed by atoms with Crippen molar-refractivity contribution >= 4 is 17.4 Å². The second-order valence-electron chi connectivity index (χ2n) is 6.81. The third-order valence-electron chi connectivity index (χ3n) is 4.80. The van der Waals surface area contributed by atoms with Crippen LogP contribution in [0.5, 0.6) is 5.75 Å². The molecule has 2 N–H and O–H groups in total. The van der Waals surface area contributed by atoms with E-state index >= 15 is 0 Å². The smallest absolute Gasteiger partial charge is 0.295 e. The number of hydrogen-bond donors (Lipinski definition) is 2. The van der Waals surface area contributed by atoms with Crippen molar-refractivity contribution in [1.82, 2.24) is 4.90 Å². The molecule has 0 aromatic heterocycles. The van der Waals surface area contributed by atoms with E-state index in [1.165, 1.54) is 17.0 Å². The summed E-state index contributed by atoms with van der Waals surface area (Å²) >= 11 is 0. The number of aliphatic hydroxyl groups excluding tert-OH is 1. The molecule has 140 valence electrons. The number of phenolic OH excluding ortho intramolecular Hbond substituents is 1. The number of hydrogen-bond acceptors (Lipinski definition) is 4. The number of benzene rings is 2. The van der Waals surface area contributed by atoms with E-state index in [1.54, 1.807) is 24.3 Å². The minimum absolute atomic E-state index is 0.0453. The van der Waals surface area contributed by atoms with Gasteiger partial charge in [0.1, 0.15) is 11.5 Å². The van der Waals surface area contributed by atoms with Crippen molar-refractivity contribution in [3.8, 4) is 5.75 Å². The summed E-state index contributed by atoms with van der Waals surface area (Å²) in [5, 5.41) is 20.7. The number of amides is 1. The average molecular weight is 365 g/mol. The molecule has 1 amide bonds. The first-order valence-corrected chi connectivity index (χ1v) is 9.08. The second-order valence-corrected chi connectivity index (χ2v) is 6.81. The lowest BCUT2D eigenvalue weighted by molar-refractivity contribution is -0.139. The Bertz CT molecular complexity index is 899. The zero-order chi connectivity index (χ0) is 19.6. The highest BCUT2D eigenvalue weighted by Crippen LogP contribution is 2.40. The Kier molecular flexibility index (Phi) is 5.31. The molecule has 0 saturated carbocycles. The summed E-state index contributed by atoms with van der Waals surface area (Å²) in [7, 11) is 0. The third kappa shape index (κ3) is 3.58. The van der Waals surface area contributed by atoms with Gasteiger partial charge in [-0.15, -0.1) is 0 Å². The molecule has 3 rings (SSSR count). The number of unbranched alkanes of at least 4 members (excludes halogenated alkanes) is 1. The van der Waals surface area contributed by atoms with Crippen molar-refractivity contribution in [1.29, 1.82) is 0 Å². The molecule has 0 aliphatic carbocycles. The Labute approximate surface area is 158 Å². The number of carbonyl (C=O) groups excluding carboxylic acids is 2. The molecule has 1 aliphatic heterocycles. The molecule has 2 aromatic carbocycles. The number of carbonyl (C=O) groups is 2. The summed E-state index contributed by atoms with van der Waals surface area (Å²) in [6.45, 7) is 4.35. The van der Waals surface area contributed by atoms with Gasteiger partial charge in [-0.2, -0.15) is 0 Å². The lowest BCUT2D eigenvalue weighted by Crippen LogP contribution is -2.30. The zero-order valence-electron chi connectivity index (χ0n) is 15.5. The van der Waals surface area contributed by atoms with Crippen LogP contribution in [0, 0.1) is 6.92 Å². The maximum atomic E-state index is 12.8. The number of Topliss-reactive ketones (excluding diaryl/α,β-unsaturated/α-hetero) is 1. The fourth-order valence-electron chi connectivity index (χ4n) is 3.35. The first-order valence-electron chi connectivity index (χ1n) is 9.08. The van der Waals surface area contributed by atoms with E-state index in [9.17, 15) is 19.8 Å². The topological polar surface area (TPSA) is 77.8 Å². The van der Waals surface area contributed by atoms with E-state index in [2.05, 4.69) is 0 Å². The van der Waals surface area contributed by atoms with Crippen LogP contribution in [-0.4, -0.2) is 33.3 Å². The highest BCUT2D eigenvalue weighted by Gasteiger charge is 2.45. The molecule has 1 heterocycles. The standard InChI is InChI=1S/C22H23NO4/c1-3-4-12-23-19(16-6-5-7-17(24)13-16)18(21(26)22(23)27)20(25)15-10-8-14(2)9-11-15/h5-11,13,19,24-25H,3-4,12H2,1-2H3/b20-18-. The second kappa shape index (κ2) is 7.66. The normalized spacial score (nSPS) is 18.9. The van der Waals surface area contributed by atoms with E-state index in [0.717, 1.165) is 18.4 Å². The van der Waals surface area contributed by atoms with Crippen LogP contribution in [0.25, 0.3) is 5.76 Å². The highest BCUT2D eigenvalue weighted by atomic mass is 16.3. The monoisotopic (exact) mass is 365 g/mol. The molecule has 0 spiro atoms. The van der Waals surface area contributed by atoms with E-state index in [1.807, 2.05) is 26.0 Å². The number of aliphatic hydroxyl groups is 1. The van der Waals surface area contributed by atoms with Crippen LogP contribution in [0.15, 0.2) is 54.1 Å². The number of phenols is 1. The molecule has 0 radical (unpaired) electrons. The highest BCUT2D eigenvalue weighted by molar-refractivity contribution is 6.46. The number of aryl methyl sites for hydroxylation is 1. The Morgan fingerprint density at radius 1 is 1.11 bits per heavy atom. The average Bonchev–Trinajstić information content (AvgIpc) is 2.91. The molecule has 5 heteroatoms. The van der Waals surface area contributed by atoms with Gasteiger partial charge in [-0.05, 0) is 31.0 Å². The SMILES string of the molecule is CCCCN1C(=O)C(=O)/C(=C(\O)c2ccc(C)cc2)C1c1cccc(O)c1. The van der Waals surface area contributed by atoms with Crippen LogP contribution in [0.4, 0.5) is 0 Å². The summed E-state index contributed by atoms with van der Waals surface area (Å²) < 4.78 is 0. The molecule has 2 aromatic rings. The van der Waals surface area contributed by atoms with Gasteiger partial charge in [0.05, 0.1) is 11.6 Å². The molecule has 1 fully saturated rings. The molecule has 1 aliphatic rings. The molecule has 1 unspecified atom stereocenters. The largest absolute Gasteiger partial charge is 0.508 e. The predicted octanol–water partition coefficient (Wildman–Crippen LogP) is 3.92. The number of ketones is 1. The minimum Gasteiger partial charge on any atom is -0.508 e. The minimum atomic E-state index is -0.718. The number of aromatic hydroxyl groups is 1. The van der Waals surface area contributed by atoms with E-state index in [-0.39, 0.29) is 17.1 Å². The fourth-order valence-corrected chi connectivity index (χ4v) is 3.35. The first-order chi connectivity index (χ1) is 12.9. The van der Waals surface area contributed by atoms with Gasteiger partial charge in [0, 0.05) is 12.1 Å². The van der Waals surface area contributed by atoms with Gasteiger partial charge in [0.2, 0.25) is 0 Å². The molecular weight excluding hydrogens is 342 g/mol. The molecule has 5 nitrogen and oxygen atoms in total. The van der Waals surface area contributed by atoms with Gasteiger partial charge in [0.15, 0.2) is 0 Å². The maximum Gasteiger partial charge on any atom is 0.295 e. The van der Waals surface area contributed by atoms with Crippen LogP contribution < -0.4 is 0 Å². The van der Waals surface area contributed by atoms with Gasteiger partial charge in [0.25, 0.3) is 11.7 Å². The lowest BCUT2D eigenvalue weighted by atomic mass is 9.95. The van der Waals surface area contributed by atoms with Gasteiger partial charge in [-0.1, -0.05) is 55.3 Å². The zero-order valence-corrected chi connectivity index (χ0v) is 15.5. The van der Waals surface area contributed by atoms with Gasteiger partial charge < -0.3 is 15.1 Å². The Morgan fingerprint density at radius 3 is 2.44 bits per heavy atom. The molecule has 1 atom stereocenters. The molecular formula is C22H23NO4. The summed E-state index contributed by atoms with van der Waals surface area (Å²) in [6.07, 6.45) is 1.61. The third-order valence-corrected chi connectivity index (χ3v) is 4.80. The van der Waals surface area contributed by atoms with Crippen LogP contribution in [0.3, 0.4) is 0 Å². The Hall–Kier alpha value is -3.08. The summed E-state index contributed by atoms with van der Waals surface area (Å²) in [6, 6.07) is 12.9. The maximum absolute atomic E-state index is 12.8. The van der Waals surface area contributed by atoms with E-state index in [4.69, 9.17) is 0 Å². The van der Waals surface area contributed by atoms with Crippen molar-refractivity contribution < 1.29 is 19.8 Å². The predicted molar refractivity (Wildman–Crippen MR) is 103 cm³/mol. The van der Waals surface area contributed by atoms with Crippen molar-refractivity contribution in [2.75, 3.05) is 6.54 Å². The fraction of sp³-hybridized carbons (Fsp3) is 0.273. The number of nitrogens with zero attached hydrogens (tertiary/aromatic N) is 1. The van der Waals surface area contributed by atoms with Gasteiger partial charge in [-0.3, -0.25) is 9.59 Å². The lowest BCUT2D eigenvalue weighted by Gasteiger charge is -2.25. The summed E-state index contributed by atoms with van der Waals surface area (Å²) in [5.74, 6) is -1.47. The number of likely N-dealkylation sites (tertiary alicyclic amines) is 1. The van der Waals surface area contributed by atoms with Crippen molar-refractivity contribution in [3.05, 3.63) is 70.8 Å². The molecule has 0 bridgehead atoms. The number of rotatable bonds is 5. The van der Waals surface area contributed by atoms with Crippen LogP contribution in [0.2, 0.25) is 0 Å².